The molecule has 2 rings (SSSR count). The van der Waals surface area contributed by atoms with E-state index in [4.69, 9.17) is 9.47 Å². The summed E-state index contributed by atoms with van der Waals surface area (Å²) in [6.07, 6.45) is 0.918. The number of nitrogens with zero attached hydrogens (tertiary/aromatic N) is 1. The van der Waals surface area contributed by atoms with E-state index in [0.29, 0.717) is 19.6 Å². The molecule has 2 N–H and O–H groups in total. The van der Waals surface area contributed by atoms with Crippen LogP contribution >= 0.6 is 0 Å². The highest BCUT2D eigenvalue weighted by Gasteiger charge is 2.19. The summed E-state index contributed by atoms with van der Waals surface area (Å²) in [7, 11) is 0. The Balaban J connectivity index is 1.85. The van der Waals surface area contributed by atoms with Gasteiger partial charge in [-0.1, -0.05) is 6.07 Å². The number of hydrogen-bond acceptors (Lipinski definition) is 5. The van der Waals surface area contributed by atoms with E-state index in [1.807, 2.05) is 65.8 Å². The van der Waals surface area contributed by atoms with Crippen LogP contribution in [0.3, 0.4) is 0 Å². The summed E-state index contributed by atoms with van der Waals surface area (Å²) in [4.78, 5) is 23.9. The van der Waals surface area contributed by atoms with Crippen LogP contribution in [0.2, 0.25) is 0 Å². The number of hydrogen-bond donors (Lipinski definition) is 2. The fraction of sp³-hybridized carbons (Fsp3) is 0.524. The number of fused-ring (bicyclic) bond motifs is 1. The van der Waals surface area contributed by atoms with Crippen molar-refractivity contribution in [3.63, 3.8) is 0 Å². The van der Waals surface area contributed by atoms with E-state index < -0.39 is 17.3 Å². The van der Waals surface area contributed by atoms with Crippen molar-refractivity contribution < 1.29 is 19.1 Å². The van der Waals surface area contributed by atoms with Crippen LogP contribution in [0.15, 0.2) is 30.5 Å². The molecule has 7 nitrogen and oxygen atoms in total. The largest absolute Gasteiger partial charge is 0.444 e. The Bertz CT molecular complexity index is 828. The van der Waals surface area contributed by atoms with Gasteiger partial charge in [-0.05, 0) is 65.3 Å². The summed E-state index contributed by atoms with van der Waals surface area (Å²) in [5.41, 5.74) is 0.865. The molecule has 2 aromatic rings. The van der Waals surface area contributed by atoms with E-state index in [-0.39, 0.29) is 6.09 Å². The van der Waals surface area contributed by atoms with Crippen molar-refractivity contribution in [2.75, 3.05) is 13.1 Å². The minimum atomic E-state index is -0.537. The van der Waals surface area contributed by atoms with Crippen molar-refractivity contribution in [3.8, 4) is 0 Å². The van der Waals surface area contributed by atoms with E-state index in [1.54, 1.807) is 6.20 Å². The maximum Gasteiger partial charge on any atom is 0.418 e. The van der Waals surface area contributed by atoms with E-state index in [2.05, 4.69) is 10.6 Å². The lowest BCUT2D eigenvalue weighted by atomic mass is 10.1. The van der Waals surface area contributed by atoms with E-state index in [0.717, 1.165) is 16.5 Å². The Hall–Kier alpha value is -2.54. The molecule has 0 aliphatic rings. The third-order valence-corrected chi connectivity index (χ3v) is 3.64. The minimum absolute atomic E-state index is 0.387. The van der Waals surface area contributed by atoms with Crippen molar-refractivity contribution >= 4 is 23.1 Å². The molecule has 1 heterocycles. The van der Waals surface area contributed by atoms with Crippen molar-refractivity contribution in [2.45, 2.75) is 59.3 Å². The minimum Gasteiger partial charge on any atom is -0.444 e. The van der Waals surface area contributed by atoms with E-state index in [1.165, 1.54) is 4.57 Å². The monoisotopic (exact) mass is 389 g/mol. The molecule has 0 bridgehead atoms. The smallest absolute Gasteiger partial charge is 0.418 e. The van der Waals surface area contributed by atoms with Gasteiger partial charge in [0.25, 0.3) is 0 Å². The summed E-state index contributed by atoms with van der Waals surface area (Å²) in [5, 5.41) is 6.96. The lowest BCUT2D eigenvalue weighted by Crippen LogP contribution is -2.36. The number of amides is 1. The number of carbonyl (C=O) groups is 2. The molecule has 7 heteroatoms. The zero-order chi connectivity index (χ0) is 20.9. The van der Waals surface area contributed by atoms with Gasteiger partial charge in [-0.2, -0.15) is 0 Å². The van der Waals surface area contributed by atoms with Crippen LogP contribution in [0.5, 0.6) is 0 Å². The Morgan fingerprint density at radius 2 is 1.64 bits per heavy atom. The molecule has 0 aliphatic heterocycles. The number of rotatable bonds is 5. The predicted molar refractivity (Wildman–Crippen MR) is 110 cm³/mol. The highest BCUT2D eigenvalue weighted by molar-refractivity contribution is 5.89. The number of carbonyl (C=O) groups excluding carboxylic acids is 2. The molecule has 1 aromatic heterocycles. The molecular weight excluding hydrogens is 358 g/mol. The Morgan fingerprint density at radius 1 is 0.964 bits per heavy atom. The molecule has 0 saturated heterocycles. The van der Waals surface area contributed by atoms with Crippen molar-refractivity contribution in [3.05, 3.63) is 36.0 Å². The van der Waals surface area contributed by atoms with Crippen LogP contribution in [-0.4, -0.2) is 41.0 Å². The molecule has 0 spiro atoms. The van der Waals surface area contributed by atoms with Gasteiger partial charge in [0.05, 0.1) is 5.52 Å². The Kier molecular flexibility index (Phi) is 6.72. The van der Waals surface area contributed by atoms with Crippen LogP contribution in [0.25, 0.3) is 10.9 Å². The summed E-state index contributed by atoms with van der Waals surface area (Å²) < 4.78 is 12.1. The van der Waals surface area contributed by atoms with Gasteiger partial charge in [0, 0.05) is 31.2 Å². The molecule has 1 aromatic carbocycles. The molecule has 0 radical (unpaired) electrons. The summed E-state index contributed by atoms with van der Waals surface area (Å²) in [6, 6.07) is 7.81. The second-order valence-corrected chi connectivity index (χ2v) is 8.66. The standard InChI is InChI=1S/C21H31N3O4/c1-20(2,3)27-18(25)23-11-10-22-14-15-7-8-17-16(13-15)9-12-24(17)19(26)28-21(4,5)6/h7-9,12-13,22H,10-11,14H2,1-6H3,(H,23,25). The summed E-state index contributed by atoms with van der Waals surface area (Å²) in [6.45, 7) is 12.8. The Labute approximate surface area is 166 Å². The molecule has 154 valence electrons. The number of benzene rings is 1. The normalized spacial score (nSPS) is 12.1. The van der Waals surface area contributed by atoms with Crippen LogP contribution in [0.4, 0.5) is 9.59 Å². The van der Waals surface area contributed by atoms with Gasteiger partial charge >= 0.3 is 12.2 Å². The second-order valence-electron chi connectivity index (χ2n) is 8.66. The molecule has 0 atom stereocenters. The first-order chi connectivity index (χ1) is 12.9. The van der Waals surface area contributed by atoms with Crippen LogP contribution < -0.4 is 10.6 Å². The fourth-order valence-corrected chi connectivity index (χ4v) is 2.57. The third-order valence-electron chi connectivity index (χ3n) is 3.64. The van der Waals surface area contributed by atoms with Gasteiger partial charge in [0.1, 0.15) is 11.2 Å². The van der Waals surface area contributed by atoms with Crippen molar-refractivity contribution in [2.24, 2.45) is 0 Å². The first kappa shape index (κ1) is 21.8. The first-order valence-electron chi connectivity index (χ1n) is 9.45. The zero-order valence-corrected chi connectivity index (χ0v) is 17.6. The van der Waals surface area contributed by atoms with Crippen LogP contribution in [-0.2, 0) is 16.0 Å². The zero-order valence-electron chi connectivity index (χ0n) is 17.6. The van der Waals surface area contributed by atoms with E-state index >= 15 is 0 Å². The Morgan fingerprint density at radius 3 is 2.29 bits per heavy atom. The maximum absolute atomic E-state index is 12.3. The first-order valence-corrected chi connectivity index (χ1v) is 9.45. The van der Waals surface area contributed by atoms with Crippen LogP contribution in [0.1, 0.15) is 47.1 Å². The molecule has 0 fully saturated rings. The lowest BCUT2D eigenvalue weighted by molar-refractivity contribution is 0.0522. The van der Waals surface area contributed by atoms with Crippen molar-refractivity contribution in [1.82, 2.24) is 15.2 Å². The fourth-order valence-electron chi connectivity index (χ4n) is 2.57. The van der Waals surface area contributed by atoms with Gasteiger partial charge in [0.15, 0.2) is 0 Å². The quantitative estimate of drug-likeness (QED) is 0.754. The lowest BCUT2D eigenvalue weighted by Gasteiger charge is -2.20. The average Bonchev–Trinajstić information content (AvgIpc) is 2.94. The van der Waals surface area contributed by atoms with E-state index in [9.17, 15) is 9.59 Å². The SMILES string of the molecule is CC(C)(C)OC(=O)NCCNCc1ccc2c(ccn2C(=O)OC(C)(C)C)c1. The number of aromatic nitrogens is 1. The van der Waals surface area contributed by atoms with Gasteiger partial charge in [-0.3, -0.25) is 4.57 Å². The van der Waals surface area contributed by atoms with Gasteiger partial charge < -0.3 is 20.1 Å². The third kappa shape index (κ3) is 6.88. The second kappa shape index (κ2) is 8.65. The van der Waals surface area contributed by atoms with Gasteiger partial charge in [0.2, 0.25) is 0 Å². The van der Waals surface area contributed by atoms with Gasteiger partial charge in [-0.15, -0.1) is 0 Å². The highest BCUT2D eigenvalue weighted by atomic mass is 16.6. The number of alkyl carbamates (subject to hydrolysis) is 1. The molecule has 28 heavy (non-hydrogen) atoms. The predicted octanol–water partition coefficient (Wildman–Crippen LogP) is 4.04. The summed E-state index contributed by atoms with van der Waals surface area (Å²) in [5.74, 6) is 0. The van der Waals surface area contributed by atoms with Gasteiger partial charge in [-0.25, -0.2) is 9.59 Å². The molecule has 1 amide bonds. The van der Waals surface area contributed by atoms with Crippen LogP contribution in [0, 0.1) is 0 Å². The summed E-state index contributed by atoms with van der Waals surface area (Å²) >= 11 is 0. The topological polar surface area (TPSA) is 81.6 Å². The molecule has 0 saturated carbocycles. The number of ether oxygens (including phenoxy) is 2. The maximum atomic E-state index is 12.3. The molecule has 0 unspecified atom stereocenters. The average molecular weight is 389 g/mol. The molecular formula is C21H31N3O4. The molecule has 0 aliphatic carbocycles. The highest BCUT2D eigenvalue weighted by Crippen LogP contribution is 2.19. The van der Waals surface area contributed by atoms with Crippen molar-refractivity contribution in [1.29, 1.82) is 0 Å². The number of nitrogens with one attached hydrogen (secondary N) is 2.